The molecule has 0 aliphatic carbocycles. The van der Waals surface area contributed by atoms with Crippen molar-refractivity contribution in [1.82, 2.24) is 0 Å². The Morgan fingerprint density at radius 3 is 2.42 bits per heavy atom. The van der Waals surface area contributed by atoms with Crippen molar-refractivity contribution in [2.24, 2.45) is 11.7 Å². The molecule has 0 saturated carbocycles. The summed E-state index contributed by atoms with van der Waals surface area (Å²) in [6.45, 7) is 6.09. The number of nitrogens with one attached hydrogen (secondary N) is 1. The molecule has 0 fully saturated rings. The summed E-state index contributed by atoms with van der Waals surface area (Å²) in [7, 11) is 0. The maximum atomic E-state index is 7.63. The number of rotatable bonds is 1. The van der Waals surface area contributed by atoms with Gasteiger partial charge in [-0.1, -0.05) is 25.6 Å². The van der Waals surface area contributed by atoms with Crippen molar-refractivity contribution < 1.29 is 0 Å². The molecule has 1 aliphatic heterocycles. The minimum absolute atomic E-state index is 0.493. The second kappa shape index (κ2) is 3.35. The molecule has 0 spiro atoms. The third-order valence-electron chi connectivity index (χ3n) is 1.75. The highest BCUT2D eigenvalue weighted by Crippen LogP contribution is 2.35. The molecule has 0 radical (unpaired) electrons. The zero-order valence-corrected chi connectivity index (χ0v) is 8.46. The van der Waals surface area contributed by atoms with E-state index in [-0.39, 0.29) is 0 Å². The molecule has 0 atom stereocenters. The normalized spacial score (nSPS) is 21.7. The van der Waals surface area contributed by atoms with Gasteiger partial charge in [0.2, 0.25) is 0 Å². The van der Waals surface area contributed by atoms with Gasteiger partial charge in [-0.15, -0.1) is 0 Å². The molecule has 2 nitrogen and oxygen atoms in total. The summed E-state index contributed by atoms with van der Waals surface area (Å²) in [5.41, 5.74) is 7.26. The molecule has 0 aromatic rings. The molecular weight excluding hydrogens is 168 g/mol. The van der Waals surface area contributed by atoms with E-state index in [0.29, 0.717) is 11.0 Å². The maximum Gasteiger partial charge on any atom is 0.100 e. The molecule has 0 saturated heterocycles. The minimum Gasteiger partial charge on any atom is -0.402 e. The average Bonchev–Trinajstić information content (AvgIpc) is 2.30. The number of hydrogen-bond donors (Lipinski definition) is 2. The molecule has 3 heteroatoms. The van der Waals surface area contributed by atoms with Gasteiger partial charge in [-0.25, -0.2) is 0 Å². The number of hydrogen-bond acceptors (Lipinski definition) is 3. The number of nitrogens with two attached hydrogens (primary N) is 1. The van der Waals surface area contributed by atoms with E-state index in [0.717, 1.165) is 11.3 Å². The first kappa shape index (κ1) is 9.39. The van der Waals surface area contributed by atoms with Gasteiger partial charge in [-0.2, -0.15) is 0 Å². The molecular formula is C9H14N2S. The Morgan fingerprint density at radius 2 is 2.17 bits per heavy atom. The zero-order valence-electron chi connectivity index (χ0n) is 7.64. The highest BCUT2D eigenvalue weighted by atomic mass is 32.2. The van der Waals surface area contributed by atoms with Crippen molar-refractivity contribution in [2.75, 3.05) is 0 Å². The van der Waals surface area contributed by atoms with Gasteiger partial charge in [0.15, 0.2) is 0 Å². The number of allylic oxidation sites excluding steroid dienone is 3. The Hall–Kier alpha value is -0.700. The largest absolute Gasteiger partial charge is 0.402 e. The maximum absolute atomic E-state index is 7.63. The van der Waals surface area contributed by atoms with E-state index in [2.05, 4.69) is 13.8 Å². The molecule has 1 rings (SSSR count). The van der Waals surface area contributed by atoms with E-state index in [9.17, 15) is 0 Å². The summed E-state index contributed by atoms with van der Waals surface area (Å²) < 4.78 is 0. The van der Waals surface area contributed by atoms with Crippen LogP contribution in [0.15, 0.2) is 22.3 Å². The molecule has 0 unspecified atom stereocenters. The lowest BCUT2D eigenvalue weighted by molar-refractivity contribution is 0.818. The lowest BCUT2D eigenvalue weighted by Gasteiger charge is -2.01. The van der Waals surface area contributed by atoms with Crippen molar-refractivity contribution in [3.8, 4) is 0 Å². The van der Waals surface area contributed by atoms with Crippen LogP contribution in [0.2, 0.25) is 0 Å². The molecule has 12 heavy (non-hydrogen) atoms. The van der Waals surface area contributed by atoms with Crippen LogP contribution in [0.3, 0.4) is 0 Å². The fraction of sp³-hybridized carbons (Fsp3) is 0.444. The summed E-state index contributed by atoms with van der Waals surface area (Å²) in [5.74, 6) is 0.493. The summed E-state index contributed by atoms with van der Waals surface area (Å²) in [5, 5.41) is 8.22. The summed E-state index contributed by atoms with van der Waals surface area (Å²) in [6, 6.07) is 0. The third kappa shape index (κ3) is 1.72. The molecule has 0 aromatic carbocycles. The Labute approximate surface area is 77.4 Å². The fourth-order valence-electron chi connectivity index (χ4n) is 0.988. The first-order valence-corrected chi connectivity index (χ1v) is 4.78. The molecule has 0 bridgehead atoms. The van der Waals surface area contributed by atoms with Crippen molar-refractivity contribution in [3.63, 3.8) is 0 Å². The standard InChI is InChI=1S/C9H14N2S/c1-5(2)8-4-7(6(3)10)9(11)12-8/h4-5,11H,10H2,1-3H3/b7-6-,11-9?. The van der Waals surface area contributed by atoms with E-state index in [1.165, 1.54) is 16.7 Å². The molecule has 0 amide bonds. The van der Waals surface area contributed by atoms with Crippen molar-refractivity contribution >= 4 is 16.8 Å². The molecule has 0 aromatic heterocycles. The van der Waals surface area contributed by atoms with Crippen LogP contribution in [-0.2, 0) is 0 Å². The molecule has 1 heterocycles. The van der Waals surface area contributed by atoms with Crippen LogP contribution in [0.25, 0.3) is 0 Å². The Balaban J connectivity index is 2.96. The van der Waals surface area contributed by atoms with E-state index in [1.807, 2.05) is 13.0 Å². The second-order valence-corrected chi connectivity index (χ2v) is 4.31. The van der Waals surface area contributed by atoms with E-state index in [1.54, 1.807) is 0 Å². The van der Waals surface area contributed by atoms with Crippen molar-refractivity contribution in [3.05, 3.63) is 22.3 Å². The lowest BCUT2D eigenvalue weighted by Crippen LogP contribution is -1.99. The van der Waals surface area contributed by atoms with Crippen molar-refractivity contribution in [1.29, 1.82) is 5.41 Å². The van der Waals surface area contributed by atoms with Crippen LogP contribution in [-0.4, -0.2) is 5.04 Å². The second-order valence-electron chi connectivity index (χ2n) is 3.23. The monoisotopic (exact) mass is 182 g/mol. The van der Waals surface area contributed by atoms with Crippen LogP contribution in [0, 0.1) is 11.3 Å². The molecule has 1 aliphatic rings. The average molecular weight is 182 g/mol. The predicted molar refractivity (Wildman–Crippen MR) is 55.1 cm³/mol. The van der Waals surface area contributed by atoms with E-state index in [4.69, 9.17) is 11.1 Å². The Kier molecular flexibility index (Phi) is 2.62. The summed E-state index contributed by atoms with van der Waals surface area (Å²) in [6.07, 6.45) is 2.02. The smallest absolute Gasteiger partial charge is 0.100 e. The van der Waals surface area contributed by atoms with Gasteiger partial charge >= 0.3 is 0 Å². The van der Waals surface area contributed by atoms with Crippen LogP contribution >= 0.6 is 11.8 Å². The van der Waals surface area contributed by atoms with Gasteiger partial charge in [-0.05, 0) is 23.8 Å². The van der Waals surface area contributed by atoms with Crippen LogP contribution in [0.1, 0.15) is 20.8 Å². The van der Waals surface area contributed by atoms with Gasteiger partial charge < -0.3 is 5.73 Å². The van der Waals surface area contributed by atoms with Crippen LogP contribution < -0.4 is 5.73 Å². The molecule has 3 N–H and O–H groups in total. The van der Waals surface area contributed by atoms with Crippen molar-refractivity contribution in [2.45, 2.75) is 20.8 Å². The highest BCUT2D eigenvalue weighted by molar-refractivity contribution is 8.18. The quantitative estimate of drug-likeness (QED) is 0.654. The van der Waals surface area contributed by atoms with E-state index < -0.39 is 0 Å². The summed E-state index contributed by atoms with van der Waals surface area (Å²) in [4.78, 5) is 1.24. The first-order chi connectivity index (χ1) is 5.52. The van der Waals surface area contributed by atoms with E-state index >= 15 is 0 Å². The fourth-order valence-corrected chi connectivity index (χ4v) is 1.97. The third-order valence-corrected chi connectivity index (χ3v) is 2.99. The van der Waals surface area contributed by atoms with Gasteiger partial charge in [0.25, 0.3) is 0 Å². The van der Waals surface area contributed by atoms with Crippen LogP contribution in [0.4, 0.5) is 0 Å². The number of thioether (sulfide) groups is 1. The zero-order chi connectivity index (χ0) is 9.30. The highest BCUT2D eigenvalue weighted by Gasteiger charge is 2.19. The lowest BCUT2D eigenvalue weighted by atomic mass is 10.1. The topological polar surface area (TPSA) is 49.9 Å². The molecule has 66 valence electrons. The van der Waals surface area contributed by atoms with Crippen LogP contribution in [0.5, 0.6) is 0 Å². The summed E-state index contributed by atoms with van der Waals surface area (Å²) >= 11 is 1.52. The SMILES string of the molecule is C/C(N)=C1\C=C(C(C)C)SC1=N. The Bertz CT molecular complexity index is 270. The van der Waals surface area contributed by atoms with Gasteiger partial charge in [0.05, 0.1) is 0 Å². The van der Waals surface area contributed by atoms with Gasteiger partial charge in [0, 0.05) is 11.3 Å². The van der Waals surface area contributed by atoms with Gasteiger partial charge in [-0.3, -0.25) is 5.41 Å². The Morgan fingerprint density at radius 1 is 1.58 bits per heavy atom. The van der Waals surface area contributed by atoms with Gasteiger partial charge in [0.1, 0.15) is 5.04 Å². The first-order valence-electron chi connectivity index (χ1n) is 3.97. The predicted octanol–water partition coefficient (Wildman–Crippen LogP) is 2.48. The minimum atomic E-state index is 0.493.